The summed E-state index contributed by atoms with van der Waals surface area (Å²) >= 11 is 0. The van der Waals surface area contributed by atoms with Crippen molar-refractivity contribution in [1.29, 1.82) is 0 Å². The molecule has 502 valence electrons. The van der Waals surface area contributed by atoms with E-state index in [1.165, 1.54) is 218 Å². The molecule has 2 saturated heterocycles. The lowest BCUT2D eigenvalue weighted by atomic mass is 9.97. The Labute approximate surface area is 524 Å². The van der Waals surface area contributed by atoms with E-state index in [-0.39, 0.29) is 18.9 Å². The van der Waals surface area contributed by atoms with E-state index in [0.29, 0.717) is 12.8 Å². The van der Waals surface area contributed by atoms with Gasteiger partial charge in [0.2, 0.25) is 5.91 Å². The topological polar surface area (TPSA) is 228 Å². The predicted molar refractivity (Wildman–Crippen MR) is 350 cm³/mol. The molecule has 9 N–H and O–H groups in total. The summed E-state index contributed by atoms with van der Waals surface area (Å²) < 4.78 is 22.8. The van der Waals surface area contributed by atoms with Crippen LogP contribution in [0.25, 0.3) is 0 Å². The van der Waals surface area contributed by atoms with Crippen LogP contribution in [0.2, 0.25) is 0 Å². The van der Waals surface area contributed by atoms with Gasteiger partial charge >= 0.3 is 0 Å². The van der Waals surface area contributed by atoms with Crippen molar-refractivity contribution < 1.29 is 64.6 Å². The molecule has 14 nitrogen and oxygen atoms in total. The molecule has 2 aliphatic heterocycles. The summed E-state index contributed by atoms with van der Waals surface area (Å²) in [4.78, 5) is 13.3. The third-order valence-corrected chi connectivity index (χ3v) is 17.2. The number of rotatable bonds is 58. The quantitative estimate of drug-likeness (QED) is 0.0204. The second-order valence-corrected chi connectivity index (χ2v) is 25.0. The van der Waals surface area contributed by atoms with Crippen LogP contribution in [-0.4, -0.2) is 140 Å². The van der Waals surface area contributed by atoms with Gasteiger partial charge in [-0.3, -0.25) is 4.79 Å². The minimum absolute atomic E-state index is 0.246. The highest BCUT2D eigenvalue weighted by Crippen LogP contribution is 2.30. The number of aliphatic hydroxyl groups excluding tert-OH is 8. The summed E-state index contributed by atoms with van der Waals surface area (Å²) in [5.74, 6) is -0.246. The van der Waals surface area contributed by atoms with E-state index >= 15 is 0 Å². The standard InChI is InChI=1S/C72H131NO13/c1-3-5-7-9-11-13-15-17-19-21-22-23-24-25-26-27-28-29-30-31-32-33-34-35-36-37-38-40-42-44-46-48-50-52-54-56-64(77)73-60(61(76)55-53-51-49-47-45-43-41-39-20-18-16-14-12-10-8-6-4-2)59-83-71-69(82)67(80)70(63(58-75)85-71)86-72-68(81)66(79)65(78)62(57-74)84-72/h15,17,21-22,24-25,45,47,53,55,60-63,65-72,74-76,78-82H,3-14,16,18-20,23,26-44,46,48-52,54,56-59H2,1-2H3,(H,73,77)/b17-15-,22-21-,25-24-,47-45+,55-53+. The molecular formula is C72H131NO13. The second-order valence-electron chi connectivity index (χ2n) is 25.0. The Kier molecular flexibility index (Phi) is 52.6. The molecule has 0 aromatic heterocycles. The van der Waals surface area contributed by atoms with Crippen molar-refractivity contribution in [3.63, 3.8) is 0 Å². The lowest BCUT2D eigenvalue weighted by Crippen LogP contribution is -2.65. The molecule has 0 spiro atoms. The van der Waals surface area contributed by atoms with Crippen molar-refractivity contribution in [2.45, 2.75) is 370 Å². The van der Waals surface area contributed by atoms with Crippen LogP contribution in [0.4, 0.5) is 0 Å². The zero-order valence-electron chi connectivity index (χ0n) is 54.6. The number of allylic oxidation sites excluding steroid dienone is 9. The lowest BCUT2D eigenvalue weighted by molar-refractivity contribution is -0.359. The first-order valence-corrected chi connectivity index (χ1v) is 35.5. The van der Waals surface area contributed by atoms with Crippen LogP contribution < -0.4 is 5.32 Å². The van der Waals surface area contributed by atoms with Crippen molar-refractivity contribution >= 4 is 5.91 Å². The molecule has 0 saturated carbocycles. The molecule has 2 rings (SSSR count). The number of carbonyl (C=O) groups excluding carboxylic acids is 1. The summed E-state index contributed by atoms with van der Waals surface area (Å²) in [6.07, 6.45) is 58.6. The molecule has 14 heteroatoms. The van der Waals surface area contributed by atoms with Gasteiger partial charge in [0, 0.05) is 6.42 Å². The Morgan fingerprint density at radius 2 is 0.779 bits per heavy atom. The van der Waals surface area contributed by atoms with Crippen LogP contribution >= 0.6 is 0 Å². The van der Waals surface area contributed by atoms with Gasteiger partial charge in [-0.25, -0.2) is 0 Å². The van der Waals surface area contributed by atoms with Crippen LogP contribution in [-0.2, 0) is 23.7 Å². The average Bonchev–Trinajstić information content (AvgIpc) is 2.46. The van der Waals surface area contributed by atoms with E-state index < -0.39 is 86.8 Å². The molecule has 1 amide bonds. The minimum atomic E-state index is -1.79. The van der Waals surface area contributed by atoms with Crippen LogP contribution in [0, 0.1) is 0 Å². The first kappa shape index (κ1) is 79.8. The Bertz CT molecular complexity index is 1670. The first-order chi connectivity index (χ1) is 42.1. The number of nitrogens with one attached hydrogen (secondary N) is 1. The molecule has 0 radical (unpaired) electrons. The molecule has 2 fully saturated rings. The third-order valence-electron chi connectivity index (χ3n) is 17.2. The van der Waals surface area contributed by atoms with Gasteiger partial charge in [-0.2, -0.15) is 0 Å². The number of hydrogen-bond donors (Lipinski definition) is 9. The fourth-order valence-electron chi connectivity index (χ4n) is 11.5. The molecular weight excluding hydrogens is 1090 g/mol. The van der Waals surface area contributed by atoms with E-state index in [1.54, 1.807) is 6.08 Å². The summed E-state index contributed by atoms with van der Waals surface area (Å²) in [7, 11) is 0. The fourth-order valence-corrected chi connectivity index (χ4v) is 11.5. The Morgan fingerprint density at radius 3 is 1.22 bits per heavy atom. The normalized spacial score (nSPS) is 23.7. The van der Waals surface area contributed by atoms with E-state index in [0.717, 1.165) is 44.9 Å². The molecule has 0 aromatic rings. The Morgan fingerprint density at radius 1 is 0.419 bits per heavy atom. The largest absolute Gasteiger partial charge is 0.394 e. The Hall–Kier alpha value is -2.31. The zero-order chi connectivity index (χ0) is 62.3. The maximum atomic E-state index is 13.3. The van der Waals surface area contributed by atoms with Gasteiger partial charge in [-0.05, 0) is 70.6 Å². The molecule has 12 unspecified atom stereocenters. The second kappa shape index (κ2) is 56.7. The number of hydrogen-bond acceptors (Lipinski definition) is 13. The highest BCUT2D eigenvalue weighted by molar-refractivity contribution is 5.76. The first-order valence-electron chi connectivity index (χ1n) is 35.5. The number of carbonyl (C=O) groups is 1. The lowest BCUT2D eigenvalue weighted by Gasteiger charge is -2.46. The highest BCUT2D eigenvalue weighted by atomic mass is 16.7. The van der Waals surface area contributed by atoms with Gasteiger partial charge in [-0.15, -0.1) is 0 Å². The van der Waals surface area contributed by atoms with Gasteiger partial charge in [0.1, 0.15) is 48.8 Å². The van der Waals surface area contributed by atoms with Crippen LogP contribution in [0.1, 0.15) is 296 Å². The summed E-state index contributed by atoms with van der Waals surface area (Å²) in [6, 6.07) is -0.932. The fraction of sp³-hybridized carbons (Fsp3) is 0.847. The summed E-state index contributed by atoms with van der Waals surface area (Å²) in [5, 5.41) is 87.3. The molecule has 12 atom stereocenters. The monoisotopic (exact) mass is 1220 g/mol. The van der Waals surface area contributed by atoms with Crippen LogP contribution in [0.3, 0.4) is 0 Å². The van der Waals surface area contributed by atoms with Gasteiger partial charge in [0.25, 0.3) is 0 Å². The summed E-state index contributed by atoms with van der Waals surface area (Å²) in [6.45, 7) is 2.79. The maximum Gasteiger partial charge on any atom is 0.220 e. The van der Waals surface area contributed by atoms with Crippen molar-refractivity contribution in [1.82, 2.24) is 5.32 Å². The zero-order valence-corrected chi connectivity index (χ0v) is 54.6. The number of ether oxygens (including phenoxy) is 4. The van der Waals surface area contributed by atoms with Crippen LogP contribution in [0.5, 0.6) is 0 Å². The predicted octanol–water partition coefficient (Wildman–Crippen LogP) is 14.5. The van der Waals surface area contributed by atoms with Gasteiger partial charge in [-0.1, -0.05) is 280 Å². The molecule has 2 aliphatic rings. The van der Waals surface area contributed by atoms with Crippen molar-refractivity contribution in [2.75, 3.05) is 19.8 Å². The molecule has 2 heterocycles. The Balaban J connectivity index is 1.62. The molecule has 86 heavy (non-hydrogen) atoms. The van der Waals surface area contributed by atoms with Crippen molar-refractivity contribution in [3.8, 4) is 0 Å². The third kappa shape index (κ3) is 40.4. The van der Waals surface area contributed by atoms with Gasteiger partial charge < -0.3 is 65.1 Å². The van der Waals surface area contributed by atoms with E-state index in [1.807, 2.05) is 6.08 Å². The maximum absolute atomic E-state index is 13.3. The van der Waals surface area contributed by atoms with Gasteiger partial charge in [0.15, 0.2) is 12.6 Å². The molecule has 0 aromatic carbocycles. The molecule has 0 aliphatic carbocycles. The average molecular weight is 1220 g/mol. The van der Waals surface area contributed by atoms with Crippen LogP contribution in [0.15, 0.2) is 60.8 Å². The van der Waals surface area contributed by atoms with E-state index in [2.05, 4.69) is 67.8 Å². The highest BCUT2D eigenvalue weighted by Gasteiger charge is 2.51. The SMILES string of the molecule is CCCCCCC/C=C\C/C=C\C/C=C\CCCCCCCCCCCCCCCCCCCCCCC(=O)NC(COC1OC(CO)C(OC2OC(CO)C(O)C(O)C2O)C(O)C1O)C(O)/C=C/CC/C=C/CCCCCCCCCCCCC. The number of amides is 1. The minimum Gasteiger partial charge on any atom is -0.394 e. The van der Waals surface area contributed by atoms with E-state index in [9.17, 15) is 45.6 Å². The van der Waals surface area contributed by atoms with Crippen molar-refractivity contribution in [2.24, 2.45) is 0 Å². The van der Waals surface area contributed by atoms with Crippen molar-refractivity contribution in [3.05, 3.63) is 60.8 Å². The smallest absolute Gasteiger partial charge is 0.220 e. The van der Waals surface area contributed by atoms with E-state index in [4.69, 9.17) is 18.9 Å². The number of aliphatic hydroxyl groups is 8. The molecule has 0 bridgehead atoms. The number of unbranched alkanes of at least 4 members (excludes halogenated alkanes) is 37. The van der Waals surface area contributed by atoms with Gasteiger partial charge in [0.05, 0.1) is 32.0 Å². The summed E-state index contributed by atoms with van der Waals surface area (Å²) in [5.41, 5.74) is 0.